The highest BCUT2D eigenvalue weighted by molar-refractivity contribution is 5.82. The smallest absolute Gasteiger partial charge is 0.239 e. The van der Waals surface area contributed by atoms with Gasteiger partial charge in [-0.25, -0.2) is 0 Å². The Bertz CT molecular complexity index is 287. The summed E-state index contributed by atoms with van der Waals surface area (Å²) in [7, 11) is 2.17. The standard InChI is InChI=1S/C15H29N3O/c1-3-13-12-17(2)10-7-11-18(13)15(19)14-8-5-4-6-9-16-14/h13-14,16H,3-12H2,1-2H3. The quantitative estimate of drug-likeness (QED) is 0.823. The van der Waals surface area contributed by atoms with Crippen molar-refractivity contribution in [3.8, 4) is 0 Å². The third-order valence-corrected chi connectivity index (χ3v) is 4.51. The van der Waals surface area contributed by atoms with Crippen molar-refractivity contribution in [2.45, 2.75) is 57.5 Å². The minimum atomic E-state index is 0.0694. The first-order chi connectivity index (χ1) is 9.22. The maximum atomic E-state index is 12.8. The average Bonchev–Trinajstić information content (AvgIpc) is 2.78. The first-order valence-corrected chi connectivity index (χ1v) is 7.94. The second-order valence-electron chi connectivity index (χ2n) is 6.07. The maximum Gasteiger partial charge on any atom is 0.239 e. The Morgan fingerprint density at radius 2 is 2.05 bits per heavy atom. The second-order valence-corrected chi connectivity index (χ2v) is 6.07. The number of carbonyl (C=O) groups is 1. The number of hydrogen-bond acceptors (Lipinski definition) is 3. The number of nitrogens with one attached hydrogen (secondary N) is 1. The van der Waals surface area contributed by atoms with Crippen LogP contribution in [0.25, 0.3) is 0 Å². The molecular formula is C15H29N3O. The zero-order valence-corrected chi connectivity index (χ0v) is 12.5. The van der Waals surface area contributed by atoms with E-state index < -0.39 is 0 Å². The van der Waals surface area contributed by atoms with Crippen molar-refractivity contribution in [1.82, 2.24) is 15.1 Å². The number of carbonyl (C=O) groups excluding carboxylic acids is 1. The fraction of sp³-hybridized carbons (Fsp3) is 0.933. The molecule has 2 heterocycles. The normalized spacial score (nSPS) is 30.7. The Labute approximate surface area is 117 Å². The third-order valence-electron chi connectivity index (χ3n) is 4.51. The lowest BCUT2D eigenvalue weighted by Gasteiger charge is -2.33. The Morgan fingerprint density at radius 3 is 2.84 bits per heavy atom. The molecule has 0 radical (unpaired) electrons. The van der Waals surface area contributed by atoms with Gasteiger partial charge in [0, 0.05) is 19.1 Å². The zero-order chi connectivity index (χ0) is 13.7. The van der Waals surface area contributed by atoms with E-state index in [2.05, 4.69) is 29.1 Å². The highest BCUT2D eigenvalue weighted by atomic mass is 16.2. The molecule has 4 heteroatoms. The second kappa shape index (κ2) is 7.25. The van der Waals surface area contributed by atoms with Crippen LogP contribution in [-0.2, 0) is 4.79 Å². The van der Waals surface area contributed by atoms with Gasteiger partial charge in [-0.2, -0.15) is 0 Å². The molecule has 1 N–H and O–H groups in total. The molecule has 2 aliphatic rings. The molecule has 4 nitrogen and oxygen atoms in total. The largest absolute Gasteiger partial charge is 0.337 e. The van der Waals surface area contributed by atoms with E-state index in [4.69, 9.17) is 0 Å². The molecule has 2 unspecified atom stereocenters. The molecule has 0 saturated carbocycles. The maximum absolute atomic E-state index is 12.8. The summed E-state index contributed by atoms with van der Waals surface area (Å²) in [5, 5.41) is 3.45. The van der Waals surface area contributed by atoms with Crippen LogP contribution >= 0.6 is 0 Å². The highest BCUT2D eigenvalue weighted by Crippen LogP contribution is 2.17. The molecule has 0 aromatic heterocycles. The molecule has 1 amide bonds. The van der Waals surface area contributed by atoms with Crippen LogP contribution in [0.15, 0.2) is 0 Å². The predicted octanol–water partition coefficient (Wildman–Crippen LogP) is 1.46. The van der Waals surface area contributed by atoms with Crippen LogP contribution in [0.3, 0.4) is 0 Å². The van der Waals surface area contributed by atoms with E-state index in [1.807, 2.05) is 0 Å². The summed E-state index contributed by atoms with van der Waals surface area (Å²) in [6.07, 6.45) is 6.84. The van der Waals surface area contributed by atoms with Gasteiger partial charge in [-0.1, -0.05) is 19.8 Å². The summed E-state index contributed by atoms with van der Waals surface area (Å²) < 4.78 is 0. The van der Waals surface area contributed by atoms with Gasteiger partial charge < -0.3 is 15.1 Å². The van der Waals surface area contributed by atoms with Gasteiger partial charge in [-0.05, 0) is 45.8 Å². The fourth-order valence-electron chi connectivity index (χ4n) is 3.32. The van der Waals surface area contributed by atoms with E-state index in [-0.39, 0.29) is 6.04 Å². The number of hydrogen-bond donors (Lipinski definition) is 1. The van der Waals surface area contributed by atoms with Crippen molar-refractivity contribution >= 4 is 5.91 Å². The molecule has 110 valence electrons. The molecule has 0 aliphatic carbocycles. The van der Waals surface area contributed by atoms with Gasteiger partial charge in [0.1, 0.15) is 0 Å². The van der Waals surface area contributed by atoms with Gasteiger partial charge >= 0.3 is 0 Å². The molecular weight excluding hydrogens is 238 g/mol. The Balaban J connectivity index is 2.01. The van der Waals surface area contributed by atoms with E-state index in [0.29, 0.717) is 11.9 Å². The van der Waals surface area contributed by atoms with Gasteiger partial charge in [0.05, 0.1) is 6.04 Å². The molecule has 2 atom stereocenters. The molecule has 0 spiro atoms. The molecule has 0 aromatic rings. The van der Waals surface area contributed by atoms with Gasteiger partial charge in [-0.3, -0.25) is 4.79 Å². The SMILES string of the molecule is CCC1CN(C)CCCN1C(=O)C1CCCCCN1. The Hall–Kier alpha value is -0.610. The van der Waals surface area contributed by atoms with Crippen molar-refractivity contribution in [2.75, 3.05) is 33.2 Å². The Kier molecular flexibility index (Phi) is 5.64. The van der Waals surface area contributed by atoms with Crippen molar-refractivity contribution in [3.63, 3.8) is 0 Å². The van der Waals surface area contributed by atoms with Crippen molar-refractivity contribution in [3.05, 3.63) is 0 Å². The lowest BCUT2D eigenvalue weighted by Crippen LogP contribution is -2.51. The van der Waals surface area contributed by atoms with Crippen LogP contribution in [0, 0.1) is 0 Å². The topological polar surface area (TPSA) is 35.6 Å². The summed E-state index contributed by atoms with van der Waals surface area (Å²) in [4.78, 5) is 17.3. The Morgan fingerprint density at radius 1 is 1.21 bits per heavy atom. The lowest BCUT2D eigenvalue weighted by molar-refractivity contribution is -0.135. The first-order valence-electron chi connectivity index (χ1n) is 7.94. The molecule has 2 aliphatic heterocycles. The van der Waals surface area contributed by atoms with Crippen molar-refractivity contribution < 1.29 is 4.79 Å². The van der Waals surface area contributed by atoms with Gasteiger partial charge in [0.25, 0.3) is 0 Å². The number of rotatable bonds is 2. The van der Waals surface area contributed by atoms with E-state index in [1.165, 1.54) is 19.3 Å². The lowest BCUT2D eigenvalue weighted by atomic mass is 10.1. The van der Waals surface area contributed by atoms with E-state index in [0.717, 1.165) is 45.4 Å². The molecule has 19 heavy (non-hydrogen) atoms. The van der Waals surface area contributed by atoms with Crippen LogP contribution in [0.2, 0.25) is 0 Å². The third kappa shape index (κ3) is 3.93. The minimum absolute atomic E-state index is 0.0694. The van der Waals surface area contributed by atoms with Crippen LogP contribution in [0.4, 0.5) is 0 Å². The molecule has 2 rings (SSSR count). The first kappa shape index (κ1) is 14.8. The number of amides is 1. The molecule has 2 fully saturated rings. The summed E-state index contributed by atoms with van der Waals surface area (Å²) in [6.45, 7) is 6.26. The summed E-state index contributed by atoms with van der Waals surface area (Å²) in [5.41, 5.74) is 0. The van der Waals surface area contributed by atoms with Crippen LogP contribution < -0.4 is 5.32 Å². The predicted molar refractivity (Wildman–Crippen MR) is 78.2 cm³/mol. The zero-order valence-electron chi connectivity index (χ0n) is 12.5. The minimum Gasteiger partial charge on any atom is -0.337 e. The molecule has 2 saturated heterocycles. The molecule has 0 aromatic carbocycles. The summed E-state index contributed by atoms with van der Waals surface area (Å²) >= 11 is 0. The average molecular weight is 267 g/mol. The van der Waals surface area contributed by atoms with E-state index in [1.54, 1.807) is 0 Å². The monoisotopic (exact) mass is 267 g/mol. The van der Waals surface area contributed by atoms with Gasteiger partial charge in [0.15, 0.2) is 0 Å². The van der Waals surface area contributed by atoms with Crippen molar-refractivity contribution in [2.24, 2.45) is 0 Å². The van der Waals surface area contributed by atoms with Crippen LogP contribution in [0.1, 0.15) is 45.4 Å². The van der Waals surface area contributed by atoms with Crippen LogP contribution in [-0.4, -0.2) is 61.0 Å². The van der Waals surface area contributed by atoms with Gasteiger partial charge in [-0.15, -0.1) is 0 Å². The number of nitrogens with zero attached hydrogens (tertiary/aromatic N) is 2. The van der Waals surface area contributed by atoms with Crippen molar-refractivity contribution in [1.29, 1.82) is 0 Å². The number of likely N-dealkylation sites (N-methyl/N-ethyl adjacent to an activating group) is 1. The summed E-state index contributed by atoms with van der Waals surface area (Å²) in [5.74, 6) is 0.351. The highest BCUT2D eigenvalue weighted by Gasteiger charge is 2.30. The molecule has 0 bridgehead atoms. The van der Waals surface area contributed by atoms with E-state index in [9.17, 15) is 4.79 Å². The van der Waals surface area contributed by atoms with Gasteiger partial charge in [0.2, 0.25) is 5.91 Å². The van der Waals surface area contributed by atoms with E-state index >= 15 is 0 Å². The fourth-order valence-corrected chi connectivity index (χ4v) is 3.32. The van der Waals surface area contributed by atoms with Crippen LogP contribution in [0.5, 0.6) is 0 Å². The summed E-state index contributed by atoms with van der Waals surface area (Å²) in [6, 6.07) is 0.463.